The van der Waals surface area contributed by atoms with E-state index in [0.717, 1.165) is 17.8 Å². The molecule has 0 unspecified atom stereocenters. The summed E-state index contributed by atoms with van der Waals surface area (Å²) in [6, 6.07) is 7.14. The quantitative estimate of drug-likeness (QED) is 0.797. The van der Waals surface area contributed by atoms with Gasteiger partial charge < -0.3 is 10.1 Å². The minimum absolute atomic E-state index is 0.264. The summed E-state index contributed by atoms with van der Waals surface area (Å²) in [4.78, 5) is 0. The minimum Gasteiger partial charge on any atom is -0.383 e. The molecule has 0 saturated carbocycles. The number of halogens is 1. The average Bonchev–Trinajstić information content (AvgIpc) is 2.93. The fourth-order valence-corrected chi connectivity index (χ4v) is 2.03. The van der Waals surface area contributed by atoms with Crippen LogP contribution in [0.5, 0.6) is 0 Å². The second-order valence-electron chi connectivity index (χ2n) is 5.30. The van der Waals surface area contributed by atoms with Crippen LogP contribution < -0.4 is 5.32 Å². The molecule has 0 fully saturated rings. The molecule has 2 rings (SSSR count). The monoisotopic (exact) mass is 291 g/mol. The van der Waals surface area contributed by atoms with Crippen molar-refractivity contribution in [3.8, 4) is 5.69 Å². The van der Waals surface area contributed by atoms with Crippen LogP contribution in [0.15, 0.2) is 30.5 Å². The van der Waals surface area contributed by atoms with Crippen molar-refractivity contribution >= 4 is 0 Å². The summed E-state index contributed by atoms with van der Waals surface area (Å²) in [5, 5.41) is 7.60. The van der Waals surface area contributed by atoms with Crippen LogP contribution in [-0.2, 0) is 11.3 Å². The number of aromatic nitrogens is 2. The molecule has 0 aliphatic rings. The third-order valence-corrected chi connectivity index (χ3v) is 3.27. The summed E-state index contributed by atoms with van der Waals surface area (Å²) in [6.07, 6.45) is 1.80. The van der Waals surface area contributed by atoms with E-state index in [1.165, 1.54) is 0 Å². The Morgan fingerprint density at radius 1 is 1.33 bits per heavy atom. The van der Waals surface area contributed by atoms with Crippen LogP contribution in [0, 0.1) is 5.82 Å². The van der Waals surface area contributed by atoms with Gasteiger partial charge in [0.15, 0.2) is 0 Å². The lowest BCUT2D eigenvalue weighted by molar-refractivity contribution is 0.199. The molecule has 1 N–H and O–H groups in total. The molecule has 1 heterocycles. The molecule has 4 nitrogen and oxygen atoms in total. The highest BCUT2D eigenvalue weighted by Crippen LogP contribution is 2.17. The topological polar surface area (TPSA) is 39.1 Å². The lowest BCUT2D eigenvalue weighted by Crippen LogP contribution is -2.18. The standard InChI is InChI=1S/C16H22FN3O/c1-12(2)15-6-8-20(19-15)16-5-4-13(10-14(16)17)11-18-7-9-21-3/h4-6,8,10,12,18H,7,9,11H2,1-3H3. The Morgan fingerprint density at radius 3 is 2.76 bits per heavy atom. The Hall–Kier alpha value is -1.72. The molecular weight excluding hydrogens is 269 g/mol. The summed E-state index contributed by atoms with van der Waals surface area (Å²) < 4.78 is 20.8. The Balaban J connectivity index is 2.07. The van der Waals surface area contributed by atoms with Crippen LogP contribution in [0.3, 0.4) is 0 Å². The van der Waals surface area contributed by atoms with Gasteiger partial charge in [0.05, 0.1) is 12.3 Å². The maximum Gasteiger partial charge on any atom is 0.149 e. The van der Waals surface area contributed by atoms with Crippen molar-refractivity contribution < 1.29 is 9.13 Å². The van der Waals surface area contributed by atoms with E-state index >= 15 is 0 Å². The molecule has 2 aromatic rings. The summed E-state index contributed by atoms with van der Waals surface area (Å²) in [7, 11) is 1.66. The number of nitrogens with one attached hydrogen (secondary N) is 1. The van der Waals surface area contributed by atoms with Gasteiger partial charge in [-0.2, -0.15) is 5.10 Å². The largest absolute Gasteiger partial charge is 0.383 e. The molecule has 1 aromatic carbocycles. The molecule has 21 heavy (non-hydrogen) atoms. The fourth-order valence-electron chi connectivity index (χ4n) is 2.03. The molecule has 0 spiro atoms. The van der Waals surface area contributed by atoms with Crippen molar-refractivity contribution in [1.82, 2.24) is 15.1 Å². The maximum absolute atomic E-state index is 14.2. The molecule has 0 aliphatic heterocycles. The van der Waals surface area contributed by atoms with Crippen LogP contribution in [0.1, 0.15) is 31.0 Å². The first-order valence-corrected chi connectivity index (χ1v) is 7.16. The van der Waals surface area contributed by atoms with Crippen molar-refractivity contribution in [3.63, 3.8) is 0 Å². The fraction of sp³-hybridized carbons (Fsp3) is 0.438. The van der Waals surface area contributed by atoms with Gasteiger partial charge in [-0.05, 0) is 29.7 Å². The molecule has 0 amide bonds. The van der Waals surface area contributed by atoms with Crippen molar-refractivity contribution in [2.24, 2.45) is 0 Å². The van der Waals surface area contributed by atoms with E-state index in [-0.39, 0.29) is 5.82 Å². The van der Waals surface area contributed by atoms with E-state index in [1.807, 2.05) is 12.1 Å². The highest BCUT2D eigenvalue weighted by molar-refractivity contribution is 5.36. The van der Waals surface area contributed by atoms with Gasteiger partial charge in [0.2, 0.25) is 0 Å². The van der Waals surface area contributed by atoms with Crippen molar-refractivity contribution in [2.45, 2.75) is 26.3 Å². The SMILES string of the molecule is COCCNCc1ccc(-n2ccc(C(C)C)n2)c(F)c1. The number of methoxy groups -OCH3 is 1. The zero-order chi connectivity index (χ0) is 15.2. The predicted octanol–water partition coefficient (Wildman–Crippen LogP) is 2.87. The van der Waals surface area contributed by atoms with Crippen molar-refractivity contribution in [1.29, 1.82) is 0 Å². The lowest BCUT2D eigenvalue weighted by Gasteiger charge is -2.08. The highest BCUT2D eigenvalue weighted by Gasteiger charge is 2.09. The molecule has 1 aromatic heterocycles. The minimum atomic E-state index is -0.264. The van der Waals surface area contributed by atoms with Gasteiger partial charge in [0.25, 0.3) is 0 Å². The van der Waals surface area contributed by atoms with Crippen LogP contribution in [0.25, 0.3) is 5.69 Å². The molecule has 0 aliphatic carbocycles. The molecular formula is C16H22FN3O. The van der Waals surface area contributed by atoms with Gasteiger partial charge in [-0.1, -0.05) is 19.9 Å². The highest BCUT2D eigenvalue weighted by atomic mass is 19.1. The number of nitrogens with zero attached hydrogens (tertiary/aromatic N) is 2. The molecule has 0 atom stereocenters. The van der Waals surface area contributed by atoms with Gasteiger partial charge in [-0.3, -0.25) is 0 Å². The zero-order valence-electron chi connectivity index (χ0n) is 12.8. The van der Waals surface area contributed by atoms with Crippen molar-refractivity contribution in [2.75, 3.05) is 20.3 Å². The first-order valence-electron chi connectivity index (χ1n) is 7.16. The third kappa shape index (κ3) is 4.12. The van der Waals surface area contributed by atoms with Crippen LogP contribution in [0.4, 0.5) is 4.39 Å². The number of hydrogen-bond acceptors (Lipinski definition) is 3. The van der Waals surface area contributed by atoms with Crippen molar-refractivity contribution in [3.05, 3.63) is 47.5 Å². The maximum atomic E-state index is 14.2. The normalized spacial score (nSPS) is 11.3. The summed E-state index contributed by atoms with van der Waals surface area (Å²) in [5.74, 6) is 0.0676. The summed E-state index contributed by atoms with van der Waals surface area (Å²) in [6.45, 7) is 6.15. The number of hydrogen-bond donors (Lipinski definition) is 1. The van der Waals surface area contributed by atoms with E-state index in [9.17, 15) is 4.39 Å². The van der Waals surface area contributed by atoms with E-state index in [4.69, 9.17) is 4.74 Å². The van der Waals surface area contributed by atoms with Crippen LogP contribution in [0.2, 0.25) is 0 Å². The summed E-state index contributed by atoms with van der Waals surface area (Å²) in [5.41, 5.74) is 2.34. The Bertz CT molecular complexity index is 581. The first kappa shape index (κ1) is 15.7. The zero-order valence-corrected chi connectivity index (χ0v) is 12.8. The van der Waals surface area contributed by atoms with E-state index in [2.05, 4.69) is 24.3 Å². The van der Waals surface area contributed by atoms with E-state index in [0.29, 0.717) is 24.8 Å². The number of benzene rings is 1. The Morgan fingerprint density at radius 2 is 2.14 bits per heavy atom. The number of ether oxygens (including phenoxy) is 1. The van der Waals surface area contributed by atoms with Crippen LogP contribution >= 0.6 is 0 Å². The smallest absolute Gasteiger partial charge is 0.149 e. The third-order valence-electron chi connectivity index (χ3n) is 3.27. The Kier molecular flexibility index (Phi) is 5.47. The van der Waals surface area contributed by atoms with Gasteiger partial charge >= 0.3 is 0 Å². The second kappa shape index (κ2) is 7.33. The van der Waals surface area contributed by atoms with Gasteiger partial charge in [0, 0.05) is 26.4 Å². The summed E-state index contributed by atoms with van der Waals surface area (Å²) >= 11 is 0. The lowest BCUT2D eigenvalue weighted by atomic mass is 10.1. The average molecular weight is 291 g/mol. The van der Waals surface area contributed by atoms with E-state index < -0.39 is 0 Å². The van der Waals surface area contributed by atoms with Gasteiger partial charge in [0.1, 0.15) is 11.5 Å². The number of rotatable bonds is 7. The second-order valence-corrected chi connectivity index (χ2v) is 5.30. The molecule has 0 bridgehead atoms. The molecule has 0 radical (unpaired) electrons. The molecule has 5 heteroatoms. The van der Waals surface area contributed by atoms with E-state index in [1.54, 1.807) is 30.1 Å². The first-order chi connectivity index (χ1) is 10.1. The molecule has 114 valence electrons. The predicted molar refractivity (Wildman–Crippen MR) is 81.2 cm³/mol. The van der Waals surface area contributed by atoms with Crippen LogP contribution in [-0.4, -0.2) is 30.0 Å². The molecule has 0 saturated heterocycles. The van der Waals surface area contributed by atoms with Gasteiger partial charge in [-0.25, -0.2) is 9.07 Å². The van der Waals surface area contributed by atoms with Gasteiger partial charge in [-0.15, -0.1) is 0 Å². The Labute approximate surface area is 124 Å².